The normalized spacial score (nSPS) is 16.8. The van der Waals surface area contributed by atoms with E-state index in [0.29, 0.717) is 17.0 Å². The van der Waals surface area contributed by atoms with E-state index in [1.165, 1.54) is 0 Å². The van der Waals surface area contributed by atoms with Gasteiger partial charge < -0.3 is 10.1 Å². The van der Waals surface area contributed by atoms with Gasteiger partial charge in [-0.3, -0.25) is 4.90 Å². The van der Waals surface area contributed by atoms with Crippen molar-refractivity contribution in [1.29, 1.82) is 0 Å². The summed E-state index contributed by atoms with van der Waals surface area (Å²) >= 11 is 0. The molecule has 0 aliphatic carbocycles. The van der Waals surface area contributed by atoms with Gasteiger partial charge in [-0.15, -0.1) is 0 Å². The second-order valence-electron chi connectivity index (χ2n) is 5.20. The maximum Gasteiger partial charge on any atom is 0.180 e. The molecule has 0 bridgehead atoms. The molecule has 0 unspecified atom stereocenters. The molecule has 21 heavy (non-hydrogen) atoms. The first kappa shape index (κ1) is 16.3. The molecule has 0 spiro atoms. The molecule has 5 nitrogen and oxygen atoms in total. The molecule has 1 heterocycles. The summed E-state index contributed by atoms with van der Waals surface area (Å²) in [5.74, 6) is 0.190. The van der Waals surface area contributed by atoms with Crippen LogP contribution in [-0.4, -0.2) is 58.5 Å². The van der Waals surface area contributed by atoms with Crippen LogP contribution in [-0.2, 0) is 14.6 Å². The summed E-state index contributed by atoms with van der Waals surface area (Å²) < 4.78 is 29.8. The Morgan fingerprint density at radius 3 is 2.67 bits per heavy atom. The predicted octanol–water partition coefficient (Wildman–Crippen LogP) is 1.61. The highest BCUT2D eigenvalue weighted by atomic mass is 32.2. The second kappa shape index (κ2) is 7.77. The Kier molecular flexibility index (Phi) is 6.02. The molecule has 1 aromatic rings. The van der Waals surface area contributed by atoms with Gasteiger partial charge in [-0.25, -0.2) is 8.42 Å². The molecule has 0 saturated carbocycles. The number of ether oxygens (including phenoxy) is 1. The fourth-order valence-electron chi connectivity index (χ4n) is 2.44. The maximum absolute atomic E-state index is 12.3. The van der Waals surface area contributed by atoms with Crippen LogP contribution in [0.3, 0.4) is 0 Å². The van der Waals surface area contributed by atoms with E-state index in [2.05, 4.69) is 10.2 Å². The van der Waals surface area contributed by atoms with Crippen molar-refractivity contribution in [2.75, 3.05) is 50.5 Å². The van der Waals surface area contributed by atoms with Crippen LogP contribution >= 0.6 is 0 Å². The summed E-state index contributed by atoms with van der Waals surface area (Å²) in [6, 6.07) is 7.15. The molecule has 0 radical (unpaired) electrons. The molecule has 0 amide bonds. The van der Waals surface area contributed by atoms with E-state index < -0.39 is 9.84 Å². The molecule has 1 aromatic carbocycles. The number of nitrogens with one attached hydrogen (secondary N) is 1. The predicted molar refractivity (Wildman–Crippen MR) is 84.5 cm³/mol. The third-order valence-electron chi connectivity index (χ3n) is 3.54. The van der Waals surface area contributed by atoms with Gasteiger partial charge in [-0.05, 0) is 18.6 Å². The largest absolute Gasteiger partial charge is 0.383 e. The Balaban J connectivity index is 1.96. The standard InChI is InChI=1S/C15H24N2O3S/c1-2-13-21(18,19)15-6-4-3-5-14(15)16-7-8-17-9-11-20-12-10-17/h3-6,16H,2,7-13H2,1H3. The zero-order valence-corrected chi connectivity index (χ0v) is 13.4. The summed E-state index contributed by atoms with van der Waals surface area (Å²) in [6.45, 7) is 6.95. The number of morpholine rings is 1. The van der Waals surface area contributed by atoms with Crippen LogP contribution in [0.15, 0.2) is 29.2 Å². The lowest BCUT2D eigenvalue weighted by molar-refractivity contribution is 0.0398. The molecule has 1 fully saturated rings. The maximum atomic E-state index is 12.3. The van der Waals surface area contributed by atoms with E-state index in [4.69, 9.17) is 4.74 Å². The van der Waals surface area contributed by atoms with Crippen LogP contribution in [0.4, 0.5) is 5.69 Å². The highest BCUT2D eigenvalue weighted by Crippen LogP contribution is 2.22. The summed E-state index contributed by atoms with van der Waals surface area (Å²) in [7, 11) is -3.19. The number of nitrogens with zero attached hydrogens (tertiary/aromatic N) is 1. The summed E-state index contributed by atoms with van der Waals surface area (Å²) in [6.07, 6.45) is 0.629. The molecule has 118 valence electrons. The lowest BCUT2D eigenvalue weighted by Gasteiger charge is -2.26. The quantitative estimate of drug-likeness (QED) is 0.829. The molecule has 1 saturated heterocycles. The molecule has 1 N–H and O–H groups in total. The molecule has 1 aliphatic heterocycles. The van der Waals surface area contributed by atoms with Crippen molar-refractivity contribution in [3.8, 4) is 0 Å². The Morgan fingerprint density at radius 2 is 1.95 bits per heavy atom. The number of para-hydroxylation sites is 1. The highest BCUT2D eigenvalue weighted by molar-refractivity contribution is 7.91. The third kappa shape index (κ3) is 4.69. The Labute approximate surface area is 127 Å². The Morgan fingerprint density at radius 1 is 1.24 bits per heavy atom. The van der Waals surface area contributed by atoms with Crippen LogP contribution in [0.1, 0.15) is 13.3 Å². The van der Waals surface area contributed by atoms with Crippen molar-refractivity contribution in [1.82, 2.24) is 4.90 Å². The van der Waals surface area contributed by atoms with Gasteiger partial charge in [0.2, 0.25) is 0 Å². The molecule has 1 aliphatic rings. The van der Waals surface area contributed by atoms with Crippen LogP contribution < -0.4 is 5.32 Å². The number of sulfone groups is 1. The number of hydrogen-bond acceptors (Lipinski definition) is 5. The lowest BCUT2D eigenvalue weighted by atomic mass is 10.3. The van der Waals surface area contributed by atoms with E-state index in [1.807, 2.05) is 19.1 Å². The minimum atomic E-state index is -3.19. The average Bonchev–Trinajstić information content (AvgIpc) is 2.49. The first-order chi connectivity index (χ1) is 10.1. The van der Waals surface area contributed by atoms with Crippen molar-refractivity contribution >= 4 is 15.5 Å². The average molecular weight is 312 g/mol. The smallest absolute Gasteiger partial charge is 0.180 e. The van der Waals surface area contributed by atoms with Gasteiger partial charge in [0, 0.05) is 26.2 Å². The number of rotatable bonds is 7. The van der Waals surface area contributed by atoms with Gasteiger partial charge >= 0.3 is 0 Å². The van der Waals surface area contributed by atoms with Gasteiger partial charge in [0.25, 0.3) is 0 Å². The van der Waals surface area contributed by atoms with Crippen molar-refractivity contribution in [3.63, 3.8) is 0 Å². The van der Waals surface area contributed by atoms with Gasteiger partial charge in [-0.2, -0.15) is 0 Å². The first-order valence-corrected chi connectivity index (χ1v) is 9.14. The Hall–Kier alpha value is -1.11. The molecule has 2 rings (SSSR count). The number of hydrogen-bond donors (Lipinski definition) is 1. The van der Waals surface area contributed by atoms with Gasteiger partial charge in [0.15, 0.2) is 9.84 Å². The minimum absolute atomic E-state index is 0.190. The summed E-state index contributed by atoms with van der Waals surface area (Å²) in [5, 5.41) is 3.26. The molecular weight excluding hydrogens is 288 g/mol. The van der Waals surface area contributed by atoms with E-state index in [-0.39, 0.29) is 5.75 Å². The second-order valence-corrected chi connectivity index (χ2v) is 7.27. The van der Waals surface area contributed by atoms with Crippen LogP contribution in [0.2, 0.25) is 0 Å². The zero-order chi connectivity index (χ0) is 15.1. The van der Waals surface area contributed by atoms with Crippen molar-refractivity contribution in [2.24, 2.45) is 0 Å². The third-order valence-corrected chi connectivity index (χ3v) is 5.51. The van der Waals surface area contributed by atoms with Gasteiger partial charge in [0.05, 0.1) is 29.5 Å². The number of anilines is 1. The molecular formula is C15H24N2O3S. The Bertz CT molecular complexity index is 540. The lowest BCUT2D eigenvalue weighted by Crippen LogP contribution is -2.39. The highest BCUT2D eigenvalue weighted by Gasteiger charge is 2.17. The molecule has 0 atom stereocenters. The zero-order valence-electron chi connectivity index (χ0n) is 12.5. The van der Waals surface area contributed by atoms with Crippen molar-refractivity contribution in [2.45, 2.75) is 18.2 Å². The van der Waals surface area contributed by atoms with E-state index in [0.717, 1.165) is 39.4 Å². The van der Waals surface area contributed by atoms with E-state index in [9.17, 15) is 8.42 Å². The SMILES string of the molecule is CCCS(=O)(=O)c1ccccc1NCCN1CCOCC1. The van der Waals surface area contributed by atoms with E-state index >= 15 is 0 Å². The van der Waals surface area contributed by atoms with Crippen LogP contribution in [0.5, 0.6) is 0 Å². The van der Waals surface area contributed by atoms with Crippen molar-refractivity contribution in [3.05, 3.63) is 24.3 Å². The molecule has 6 heteroatoms. The monoisotopic (exact) mass is 312 g/mol. The molecule has 0 aromatic heterocycles. The fraction of sp³-hybridized carbons (Fsp3) is 0.600. The van der Waals surface area contributed by atoms with E-state index in [1.54, 1.807) is 12.1 Å². The van der Waals surface area contributed by atoms with Crippen LogP contribution in [0, 0.1) is 0 Å². The fourth-order valence-corrected chi connectivity index (χ4v) is 3.95. The number of benzene rings is 1. The first-order valence-electron chi connectivity index (χ1n) is 7.49. The van der Waals surface area contributed by atoms with Crippen LogP contribution in [0.25, 0.3) is 0 Å². The van der Waals surface area contributed by atoms with Gasteiger partial charge in [0.1, 0.15) is 0 Å². The summed E-state index contributed by atoms with van der Waals surface area (Å²) in [5.41, 5.74) is 0.708. The topological polar surface area (TPSA) is 58.6 Å². The van der Waals surface area contributed by atoms with Crippen molar-refractivity contribution < 1.29 is 13.2 Å². The van der Waals surface area contributed by atoms with Gasteiger partial charge in [-0.1, -0.05) is 19.1 Å². The minimum Gasteiger partial charge on any atom is -0.383 e. The summed E-state index contributed by atoms with van der Waals surface area (Å²) in [4.78, 5) is 2.73.